The molecule has 3 rings (SSSR count). The van der Waals surface area contributed by atoms with E-state index in [-0.39, 0.29) is 11.3 Å². The van der Waals surface area contributed by atoms with Crippen LogP contribution in [0, 0.1) is 20.8 Å². The van der Waals surface area contributed by atoms with Gasteiger partial charge in [0, 0.05) is 4.88 Å². The van der Waals surface area contributed by atoms with Crippen LogP contribution in [0.15, 0.2) is 34.2 Å². The standard InChI is InChI=1S/C16H15N3O2S/c1-9-10(2)22-15-14(9)16(21)19(11(3)18-15)17-8-12-4-6-13(20)7-5-12/h4-8,20H,1-3H3/b17-8-. The summed E-state index contributed by atoms with van der Waals surface area (Å²) in [4.78, 5) is 19.0. The molecule has 2 heterocycles. The van der Waals surface area contributed by atoms with E-state index in [0.29, 0.717) is 11.2 Å². The van der Waals surface area contributed by atoms with E-state index in [0.717, 1.165) is 20.8 Å². The molecule has 0 amide bonds. The Morgan fingerprint density at radius 2 is 1.91 bits per heavy atom. The monoisotopic (exact) mass is 313 g/mol. The van der Waals surface area contributed by atoms with Gasteiger partial charge in [-0.25, -0.2) is 4.98 Å². The second kappa shape index (κ2) is 5.38. The fourth-order valence-corrected chi connectivity index (χ4v) is 3.27. The van der Waals surface area contributed by atoms with Crippen molar-refractivity contribution in [2.24, 2.45) is 5.10 Å². The maximum atomic E-state index is 12.6. The van der Waals surface area contributed by atoms with Crippen LogP contribution >= 0.6 is 11.3 Å². The van der Waals surface area contributed by atoms with Crippen LogP contribution in [0.4, 0.5) is 0 Å². The topological polar surface area (TPSA) is 67.5 Å². The fraction of sp³-hybridized carbons (Fsp3) is 0.188. The predicted octanol–water partition coefficient (Wildman–Crippen LogP) is 2.97. The molecule has 0 aliphatic heterocycles. The van der Waals surface area contributed by atoms with Gasteiger partial charge in [0.15, 0.2) is 0 Å². The molecule has 0 radical (unpaired) electrons. The number of hydrogen-bond donors (Lipinski definition) is 1. The normalized spacial score (nSPS) is 11.6. The molecule has 2 aromatic heterocycles. The Morgan fingerprint density at radius 3 is 2.59 bits per heavy atom. The molecule has 0 saturated carbocycles. The summed E-state index contributed by atoms with van der Waals surface area (Å²) in [7, 11) is 0. The van der Waals surface area contributed by atoms with E-state index in [1.165, 1.54) is 16.0 Å². The molecule has 0 fully saturated rings. The summed E-state index contributed by atoms with van der Waals surface area (Å²) >= 11 is 1.53. The lowest BCUT2D eigenvalue weighted by atomic mass is 10.2. The molecule has 1 aromatic carbocycles. The SMILES string of the molecule is Cc1sc2nc(C)n(/N=C\c3ccc(O)cc3)c(=O)c2c1C. The third-order valence-electron chi connectivity index (χ3n) is 3.56. The van der Waals surface area contributed by atoms with Gasteiger partial charge >= 0.3 is 0 Å². The zero-order chi connectivity index (χ0) is 15.9. The number of aromatic hydroxyl groups is 1. The minimum atomic E-state index is -0.153. The van der Waals surface area contributed by atoms with Crippen molar-refractivity contribution in [3.63, 3.8) is 0 Å². The Morgan fingerprint density at radius 1 is 1.23 bits per heavy atom. The van der Waals surface area contributed by atoms with Crippen molar-refractivity contribution < 1.29 is 5.11 Å². The van der Waals surface area contributed by atoms with Crippen LogP contribution in [0.3, 0.4) is 0 Å². The molecular weight excluding hydrogens is 298 g/mol. The van der Waals surface area contributed by atoms with Gasteiger partial charge in [-0.3, -0.25) is 4.79 Å². The number of phenolic OH excluding ortho intramolecular Hbond substituents is 1. The Labute approximate surface area is 131 Å². The Balaban J connectivity index is 2.12. The number of aromatic nitrogens is 2. The van der Waals surface area contributed by atoms with Gasteiger partial charge < -0.3 is 5.11 Å². The van der Waals surface area contributed by atoms with E-state index >= 15 is 0 Å². The van der Waals surface area contributed by atoms with E-state index < -0.39 is 0 Å². The van der Waals surface area contributed by atoms with Gasteiger partial charge in [-0.1, -0.05) is 0 Å². The van der Waals surface area contributed by atoms with Gasteiger partial charge in [0.1, 0.15) is 16.4 Å². The van der Waals surface area contributed by atoms with Crippen LogP contribution in [0.25, 0.3) is 10.2 Å². The first-order chi connectivity index (χ1) is 10.5. The lowest BCUT2D eigenvalue weighted by molar-refractivity contribution is 0.475. The van der Waals surface area contributed by atoms with Crippen LogP contribution < -0.4 is 5.56 Å². The summed E-state index contributed by atoms with van der Waals surface area (Å²) in [5.41, 5.74) is 1.60. The average molecular weight is 313 g/mol. The molecule has 3 aromatic rings. The molecule has 1 N–H and O–H groups in total. The van der Waals surface area contributed by atoms with Crippen molar-refractivity contribution in [2.45, 2.75) is 20.8 Å². The van der Waals surface area contributed by atoms with E-state index in [4.69, 9.17) is 0 Å². The molecule has 0 spiro atoms. The van der Waals surface area contributed by atoms with Gasteiger partial charge in [-0.15, -0.1) is 11.3 Å². The smallest absolute Gasteiger partial charge is 0.283 e. The minimum Gasteiger partial charge on any atom is -0.508 e. The quantitative estimate of drug-likeness (QED) is 0.740. The van der Waals surface area contributed by atoms with Crippen LogP contribution in [-0.4, -0.2) is 21.0 Å². The lowest BCUT2D eigenvalue weighted by Crippen LogP contribution is -2.20. The number of aryl methyl sites for hydroxylation is 3. The fourth-order valence-electron chi connectivity index (χ4n) is 2.21. The number of fused-ring (bicyclic) bond motifs is 1. The van der Waals surface area contributed by atoms with Gasteiger partial charge in [0.25, 0.3) is 5.56 Å². The third-order valence-corrected chi connectivity index (χ3v) is 4.66. The third kappa shape index (κ3) is 2.42. The van der Waals surface area contributed by atoms with Crippen molar-refractivity contribution >= 4 is 27.8 Å². The van der Waals surface area contributed by atoms with Crippen molar-refractivity contribution in [1.82, 2.24) is 9.66 Å². The molecule has 6 heteroatoms. The molecule has 0 unspecified atom stereocenters. The first-order valence-electron chi connectivity index (χ1n) is 6.80. The van der Waals surface area contributed by atoms with Crippen LogP contribution in [0.5, 0.6) is 5.75 Å². The average Bonchev–Trinajstić information content (AvgIpc) is 2.75. The molecule has 0 aliphatic rings. The molecule has 0 aliphatic carbocycles. The van der Waals surface area contributed by atoms with Gasteiger partial charge in [-0.2, -0.15) is 9.78 Å². The van der Waals surface area contributed by atoms with E-state index in [9.17, 15) is 9.90 Å². The number of nitrogens with zero attached hydrogens (tertiary/aromatic N) is 3. The lowest BCUT2D eigenvalue weighted by Gasteiger charge is -2.03. The number of hydrogen-bond acceptors (Lipinski definition) is 5. The largest absolute Gasteiger partial charge is 0.508 e. The first-order valence-corrected chi connectivity index (χ1v) is 7.62. The Hall–Kier alpha value is -2.47. The number of phenols is 1. The summed E-state index contributed by atoms with van der Waals surface area (Å²) in [5.74, 6) is 0.742. The molecular formula is C16H15N3O2S. The molecule has 112 valence electrons. The maximum absolute atomic E-state index is 12.6. The summed E-state index contributed by atoms with van der Waals surface area (Å²) < 4.78 is 1.31. The van der Waals surface area contributed by atoms with E-state index in [1.807, 2.05) is 13.8 Å². The van der Waals surface area contributed by atoms with Gasteiger partial charge in [0.2, 0.25) is 0 Å². The highest BCUT2D eigenvalue weighted by Gasteiger charge is 2.13. The first kappa shape index (κ1) is 14.5. The van der Waals surface area contributed by atoms with Crippen LogP contribution in [-0.2, 0) is 0 Å². The summed E-state index contributed by atoms with van der Waals surface area (Å²) in [6, 6.07) is 6.60. The van der Waals surface area contributed by atoms with Crippen molar-refractivity contribution in [1.29, 1.82) is 0 Å². The number of thiophene rings is 1. The highest BCUT2D eigenvalue weighted by atomic mass is 32.1. The second-order valence-electron chi connectivity index (χ2n) is 5.08. The highest BCUT2D eigenvalue weighted by molar-refractivity contribution is 7.18. The van der Waals surface area contributed by atoms with Crippen LogP contribution in [0.2, 0.25) is 0 Å². The van der Waals surface area contributed by atoms with Crippen molar-refractivity contribution in [2.75, 3.05) is 0 Å². The summed E-state index contributed by atoms with van der Waals surface area (Å²) in [5, 5.41) is 14.2. The number of rotatable bonds is 2. The number of benzene rings is 1. The van der Waals surface area contributed by atoms with E-state index in [1.54, 1.807) is 37.4 Å². The molecule has 22 heavy (non-hydrogen) atoms. The predicted molar refractivity (Wildman–Crippen MR) is 89.2 cm³/mol. The summed E-state index contributed by atoms with van der Waals surface area (Å²) in [6.45, 7) is 5.68. The van der Waals surface area contributed by atoms with Gasteiger partial charge in [0.05, 0.1) is 11.6 Å². The molecule has 0 bridgehead atoms. The zero-order valence-electron chi connectivity index (χ0n) is 12.5. The highest BCUT2D eigenvalue weighted by Crippen LogP contribution is 2.26. The summed E-state index contributed by atoms with van der Waals surface area (Å²) in [6.07, 6.45) is 1.58. The van der Waals surface area contributed by atoms with Gasteiger partial charge in [-0.05, 0) is 56.2 Å². The van der Waals surface area contributed by atoms with Crippen molar-refractivity contribution in [3.8, 4) is 5.75 Å². The molecule has 0 saturated heterocycles. The van der Waals surface area contributed by atoms with Crippen LogP contribution in [0.1, 0.15) is 21.8 Å². The second-order valence-corrected chi connectivity index (χ2v) is 6.28. The molecule has 5 nitrogen and oxygen atoms in total. The van der Waals surface area contributed by atoms with Crippen molar-refractivity contribution in [3.05, 3.63) is 56.4 Å². The minimum absolute atomic E-state index is 0.153. The Bertz CT molecular complexity index is 937. The Kier molecular flexibility index (Phi) is 3.54. The van der Waals surface area contributed by atoms with E-state index in [2.05, 4.69) is 10.1 Å². The molecule has 0 atom stereocenters. The maximum Gasteiger partial charge on any atom is 0.283 e. The zero-order valence-corrected chi connectivity index (χ0v) is 13.3.